The monoisotopic (exact) mass is 137 g/mol. The molecule has 0 fully saturated rings. The van der Waals surface area contributed by atoms with E-state index in [0.717, 1.165) is 0 Å². The van der Waals surface area contributed by atoms with Crippen molar-refractivity contribution >= 4 is 0 Å². The Bertz CT molecular complexity index is 61.5. The van der Waals surface area contributed by atoms with E-state index in [1.165, 1.54) is 0 Å². The van der Waals surface area contributed by atoms with Gasteiger partial charge in [0.15, 0.2) is 5.34 Å². The third-order valence-corrected chi connectivity index (χ3v) is 0.0333. The van der Waals surface area contributed by atoms with Crippen molar-refractivity contribution in [2.24, 2.45) is 5.34 Å². The molecule has 0 aliphatic heterocycles. The van der Waals surface area contributed by atoms with Crippen LogP contribution >= 0.6 is 0 Å². The Labute approximate surface area is 53.1 Å². The third-order valence-electron chi connectivity index (χ3n) is 0.0333. The molecule has 0 bridgehead atoms. The summed E-state index contributed by atoms with van der Waals surface area (Å²) < 4.78 is 0. The smallest absolute Gasteiger partial charge is 0.190 e. The lowest BCUT2D eigenvalue weighted by Crippen LogP contribution is -2.10. The minimum absolute atomic E-state index is 0.500. The lowest BCUT2D eigenvalue weighted by Gasteiger charge is -2.04. The highest BCUT2D eigenvalue weighted by Crippen LogP contribution is 1.93. The highest BCUT2D eigenvalue weighted by atomic mass is 17.2. The van der Waals surface area contributed by atoms with Crippen LogP contribution in [0.4, 0.5) is 0 Å². The molecule has 0 aliphatic carbocycles. The molecule has 0 saturated heterocycles. The fraction of sp³-hybridized carbons (Fsp3) is 1.00. The quantitative estimate of drug-likeness (QED) is 0.320. The van der Waals surface area contributed by atoms with Gasteiger partial charge in [0.05, 0.1) is 5.60 Å². The third kappa shape index (κ3) is 2020. The molecular weight excluding hydrogens is 126 g/mol. The normalized spacial score (nSPS) is 9.00. The molecule has 0 atom stereocenters. The number of nitrogens with zero attached hydrogens (tertiary/aromatic N) is 1. The number of rotatable bonds is 1. The van der Waals surface area contributed by atoms with Gasteiger partial charge in [-0.25, -0.2) is 0 Å². The minimum Gasteiger partial charge on any atom is -0.391 e. The zero-order valence-corrected chi connectivity index (χ0v) is 5.66. The maximum absolute atomic E-state index is 8.52. The molecule has 0 rings (SSSR count). The second kappa shape index (κ2) is 5.46. The van der Waals surface area contributed by atoms with Gasteiger partial charge in [-0.05, 0) is 20.8 Å². The van der Waals surface area contributed by atoms with Crippen LogP contribution in [-0.4, -0.2) is 16.0 Å². The van der Waals surface area contributed by atoms with Crippen molar-refractivity contribution in [3.8, 4) is 0 Å². The first-order chi connectivity index (χ1) is 3.91. The van der Waals surface area contributed by atoms with Crippen molar-refractivity contribution in [2.75, 3.05) is 0 Å². The predicted octanol–water partition coefficient (Wildman–Crippen LogP) is 0.935. The second-order valence-electron chi connectivity index (χ2n) is 2.33. The highest BCUT2D eigenvalue weighted by Gasteiger charge is 1.97. The molecule has 0 amide bonds. The van der Waals surface area contributed by atoms with Crippen LogP contribution in [0, 0.1) is 4.91 Å². The summed E-state index contributed by atoms with van der Waals surface area (Å²) in [6.45, 7) is 5.23. The van der Waals surface area contributed by atoms with Gasteiger partial charge in [0.25, 0.3) is 0 Å². The van der Waals surface area contributed by atoms with E-state index in [1.54, 1.807) is 26.1 Å². The van der Waals surface area contributed by atoms with Gasteiger partial charge in [0.2, 0.25) is 0 Å². The van der Waals surface area contributed by atoms with Crippen LogP contribution in [0.25, 0.3) is 0 Å². The molecule has 9 heavy (non-hydrogen) atoms. The summed E-state index contributed by atoms with van der Waals surface area (Å²) in [7, 11) is 0. The Balaban J connectivity index is 0. The van der Waals surface area contributed by atoms with Gasteiger partial charge >= 0.3 is 0 Å². The lowest BCUT2D eigenvalue weighted by atomic mass is 10.2. The van der Waals surface area contributed by atoms with Crippen LogP contribution in [0.1, 0.15) is 20.8 Å². The first-order valence-corrected chi connectivity index (χ1v) is 2.27. The van der Waals surface area contributed by atoms with Gasteiger partial charge in [-0.2, -0.15) is 10.2 Å². The van der Waals surface area contributed by atoms with Crippen LogP contribution in [0.2, 0.25) is 0 Å². The summed E-state index contributed by atoms with van der Waals surface area (Å²) in [5.74, 6) is 0. The number of hydrogen-bond donors (Lipinski definition) is 2. The molecule has 0 aromatic heterocycles. The van der Waals surface area contributed by atoms with Gasteiger partial charge in [-0.15, -0.1) is 4.91 Å². The van der Waals surface area contributed by atoms with Crippen LogP contribution < -0.4 is 0 Å². The van der Waals surface area contributed by atoms with E-state index in [2.05, 4.69) is 4.99 Å². The standard InChI is InChI=1S/C4H10O.HNO3/c1-4(2,3)5;2-1-4-3/h5H,1-3H3;3H. The summed E-state index contributed by atoms with van der Waals surface area (Å²) in [4.78, 5) is 11.1. The van der Waals surface area contributed by atoms with Crippen molar-refractivity contribution in [3.63, 3.8) is 0 Å². The van der Waals surface area contributed by atoms with E-state index >= 15 is 0 Å². The van der Waals surface area contributed by atoms with E-state index in [9.17, 15) is 0 Å². The largest absolute Gasteiger partial charge is 0.391 e. The van der Waals surface area contributed by atoms with Gasteiger partial charge in [0.1, 0.15) is 0 Å². The van der Waals surface area contributed by atoms with Crippen molar-refractivity contribution in [3.05, 3.63) is 4.91 Å². The predicted molar refractivity (Wildman–Crippen MR) is 31.5 cm³/mol. The van der Waals surface area contributed by atoms with Crippen molar-refractivity contribution < 1.29 is 15.4 Å². The molecule has 0 saturated carbocycles. The molecule has 0 heterocycles. The van der Waals surface area contributed by atoms with Crippen molar-refractivity contribution in [1.29, 1.82) is 0 Å². The molecule has 0 radical (unpaired) electrons. The average molecular weight is 137 g/mol. The summed E-state index contributed by atoms with van der Waals surface area (Å²) >= 11 is 0. The van der Waals surface area contributed by atoms with Crippen LogP contribution in [0.5, 0.6) is 0 Å². The molecule has 56 valence electrons. The zero-order valence-electron chi connectivity index (χ0n) is 5.66. The Morgan fingerprint density at radius 3 is 1.56 bits per heavy atom. The minimum atomic E-state index is -0.500. The molecular formula is C4H11NO4. The van der Waals surface area contributed by atoms with E-state index in [4.69, 9.17) is 15.3 Å². The zero-order chi connectivity index (χ0) is 7.91. The molecule has 0 aliphatic rings. The molecule has 5 nitrogen and oxygen atoms in total. The van der Waals surface area contributed by atoms with Gasteiger partial charge < -0.3 is 5.11 Å². The second-order valence-corrected chi connectivity index (χ2v) is 2.33. The van der Waals surface area contributed by atoms with Crippen molar-refractivity contribution in [2.45, 2.75) is 26.4 Å². The molecule has 5 heteroatoms. The molecule has 0 aromatic carbocycles. The van der Waals surface area contributed by atoms with Crippen LogP contribution in [-0.2, 0) is 4.99 Å². The SMILES string of the molecule is CC(C)(C)O.O=NOO. The van der Waals surface area contributed by atoms with Crippen LogP contribution in [0.3, 0.4) is 0 Å². The van der Waals surface area contributed by atoms with E-state index in [-0.39, 0.29) is 0 Å². The number of hydrogen-bond acceptors (Lipinski definition) is 5. The van der Waals surface area contributed by atoms with E-state index in [1.807, 2.05) is 0 Å². The van der Waals surface area contributed by atoms with Crippen LogP contribution in [0.15, 0.2) is 5.34 Å². The average Bonchev–Trinajstić information content (AvgIpc) is 1.61. The molecule has 0 unspecified atom stereocenters. The summed E-state index contributed by atoms with van der Waals surface area (Å²) in [6.07, 6.45) is 0. The number of aliphatic hydroxyl groups is 1. The summed E-state index contributed by atoms with van der Waals surface area (Å²) in [5, 5.41) is 17.0. The van der Waals surface area contributed by atoms with E-state index in [0.29, 0.717) is 0 Å². The maximum atomic E-state index is 8.52. The summed E-state index contributed by atoms with van der Waals surface area (Å²) in [5.41, 5.74) is -0.500. The van der Waals surface area contributed by atoms with Gasteiger partial charge in [-0.1, -0.05) is 0 Å². The topological polar surface area (TPSA) is 79.1 Å². The Morgan fingerprint density at radius 1 is 1.44 bits per heavy atom. The van der Waals surface area contributed by atoms with E-state index < -0.39 is 5.60 Å². The Morgan fingerprint density at radius 2 is 1.56 bits per heavy atom. The maximum Gasteiger partial charge on any atom is 0.190 e. The molecule has 0 aromatic rings. The summed E-state index contributed by atoms with van der Waals surface area (Å²) in [6, 6.07) is 0. The van der Waals surface area contributed by atoms with Gasteiger partial charge in [0, 0.05) is 0 Å². The lowest BCUT2D eigenvalue weighted by molar-refractivity contribution is -0.245. The van der Waals surface area contributed by atoms with Crippen molar-refractivity contribution in [1.82, 2.24) is 0 Å². The molecule has 0 spiro atoms. The molecule has 2 N–H and O–H groups in total. The van der Waals surface area contributed by atoms with Gasteiger partial charge in [-0.3, -0.25) is 0 Å². The fourth-order valence-corrected chi connectivity index (χ4v) is 0. The fourth-order valence-electron chi connectivity index (χ4n) is 0. The Hall–Kier alpha value is -0.680. The first-order valence-electron chi connectivity index (χ1n) is 2.27. The first kappa shape index (κ1) is 11.2. The Kier molecular flexibility index (Phi) is 6.77. The highest BCUT2D eigenvalue weighted by molar-refractivity contribution is 4.50.